The maximum atomic E-state index is 13.4. The van der Waals surface area contributed by atoms with Crippen LogP contribution in [0.25, 0.3) is 22.6 Å². The number of imidazole rings is 1. The van der Waals surface area contributed by atoms with Crippen LogP contribution in [0.4, 0.5) is 16.2 Å². The average molecular weight is 440 g/mol. The average Bonchev–Trinajstić information content (AvgIpc) is 3.50. The molecule has 0 aliphatic rings. The standard InChI is InChI=1S/C25H21N5OS/c1-17(18-8-4-2-5-9-18)30(20-10-6-3-7-11-20)25(31)27-19-12-13-21-22(14-19)29-24(28-21)23-15-32-16-26-23/h2-17H,1H3,(H,27,31)(H,28,29). The van der Waals surface area contributed by atoms with Crippen molar-refractivity contribution in [3.05, 3.63) is 95.3 Å². The van der Waals surface area contributed by atoms with Crippen LogP contribution in [0.5, 0.6) is 0 Å². The van der Waals surface area contributed by atoms with Crippen molar-refractivity contribution in [1.29, 1.82) is 0 Å². The van der Waals surface area contributed by atoms with Gasteiger partial charge in [-0.15, -0.1) is 11.3 Å². The van der Waals surface area contributed by atoms with Crippen LogP contribution in [-0.2, 0) is 0 Å². The molecule has 2 amide bonds. The fourth-order valence-corrected chi connectivity index (χ4v) is 4.24. The highest BCUT2D eigenvalue weighted by Gasteiger charge is 2.23. The molecular formula is C25H21N5OS. The van der Waals surface area contributed by atoms with E-state index in [4.69, 9.17) is 0 Å². The molecule has 3 aromatic carbocycles. The third-order valence-corrected chi connectivity index (χ3v) is 5.92. The van der Waals surface area contributed by atoms with Crippen molar-refractivity contribution in [2.45, 2.75) is 13.0 Å². The minimum absolute atomic E-state index is 0.147. The molecule has 0 aliphatic heterocycles. The van der Waals surface area contributed by atoms with Gasteiger partial charge in [0, 0.05) is 16.8 Å². The van der Waals surface area contributed by atoms with Gasteiger partial charge in [-0.25, -0.2) is 14.8 Å². The number of amides is 2. The Morgan fingerprint density at radius 3 is 2.50 bits per heavy atom. The molecule has 2 heterocycles. The zero-order chi connectivity index (χ0) is 21.9. The Morgan fingerprint density at radius 2 is 1.78 bits per heavy atom. The predicted octanol–water partition coefficient (Wildman–Crippen LogP) is 6.49. The first-order valence-corrected chi connectivity index (χ1v) is 11.2. The molecule has 0 saturated carbocycles. The van der Waals surface area contributed by atoms with E-state index in [1.807, 2.05) is 91.2 Å². The van der Waals surface area contributed by atoms with E-state index in [9.17, 15) is 4.79 Å². The van der Waals surface area contributed by atoms with E-state index in [0.717, 1.165) is 28.0 Å². The fraction of sp³-hybridized carbons (Fsp3) is 0.0800. The highest BCUT2D eigenvalue weighted by atomic mass is 32.1. The molecule has 158 valence electrons. The summed E-state index contributed by atoms with van der Waals surface area (Å²) in [6.45, 7) is 2.03. The second-order valence-electron chi connectivity index (χ2n) is 7.41. The van der Waals surface area contributed by atoms with Gasteiger partial charge in [-0.2, -0.15) is 0 Å². The Kier molecular flexibility index (Phi) is 5.39. The Morgan fingerprint density at radius 1 is 1.03 bits per heavy atom. The Bertz CT molecular complexity index is 1330. The Labute approximate surface area is 189 Å². The van der Waals surface area contributed by atoms with E-state index in [0.29, 0.717) is 11.5 Å². The highest BCUT2D eigenvalue weighted by molar-refractivity contribution is 7.07. The third kappa shape index (κ3) is 3.98. The van der Waals surface area contributed by atoms with Crippen molar-refractivity contribution in [2.24, 2.45) is 0 Å². The van der Waals surface area contributed by atoms with Crippen molar-refractivity contribution in [3.8, 4) is 11.5 Å². The van der Waals surface area contributed by atoms with E-state index in [2.05, 4.69) is 20.3 Å². The van der Waals surface area contributed by atoms with Crippen LogP contribution in [0.1, 0.15) is 18.5 Å². The number of carbonyl (C=O) groups excluding carboxylic acids is 1. The van der Waals surface area contributed by atoms with Crippen LogP contribution in [0, 0.1) is 0 Å². The van der Waals surface area contributed by atoms with Gasteiger partial charge in [0.15, 0.2) is 5.82 Å². The molecule has 0 spiro atoms. The molecular weight excluding hydrogens is 418 g/mol. The van der Waals surface area contributed by atoms with E-state index < -0.39 is 0 Å². The number of hydrogen-bond donors (Lipinski definition) is 2. The van der Waals surface area contributed by atoms with Crippen LogP contribution >= 0.6 is 11.3 Å². The van der Waals surface area contributed by atoms with Crippen LogP contribution in [-0.4, -0.2) is 21.0 Å². The molecule has 32 heavy (non-hydrogen) atoms. The van der Waals surface area contributed by atoms with Gasteiger partial charge in [-0.3, -0.25) is 4.90 Å². The van der Waals surface area contributed by atoms with Gasteiger partial charge in [-0.05, 0) is 42.8 Å². The number of benzene rings is 3. The number of thiazole rings is 1. The Hall–Kier alpha value is -3.97. The summed E-state index contributed by atoms with van der Waals surface area (Å²) < 4.78 is 0. The second kappa shape index (κ2) is 8.64. The van der Waals surface area contributed by atoms with Crippen LogP contribution < -0.4 is 10.2 Å². The van der Waals surface area contributed by atoms with Crippen molar-refractivity contribution in [1.82, 2.24) is 15.0 Å². The van der Waals surface area contributed by atoms with Crippen molar-refractivity contribution in [3.63, 3.8) is 0 Å². The number of aromatic amines is 1. The summed E-state index contributed by atoms with van der Waals surface area (Å²) in [6.07, 6.45) is 0. The molecule has 1 unspecified atom stereocenters. The van der Waals surface area contributed by atoms with Gasteiger partial charge >= 0.3 is 6.03 Å². The van der Waals surface area contributed by atoms with Gasteiger partial charge in [-0.1, -0.05) is 48.5 Å². The number of para-hydroxylation sites is 1. The summed E-state index contributed by atoms with van der Waals surface area (Å²) in [4.78, 5) is 27.4. The molecule has 5 aromatic rings. The molecule has 7 heteroatoms. The van der Waals surface area contributed by atoms with Gasteiger partial charge in [0.2, 0.25) is 0 Å². The maximum absolute atomic E-state index is 13.4. The SMILES string of the molecule is CC(c1ccccc1)N(C(=O)Nc1ccc2nc(-c3cscn3)[nH]c2c1)c1ccccc1. The molecule has 5 rings (SSSR count). The summed E-state index contributed by atoms with van der Waals surface area (Å²) >= 11 is 1.52. The zero-order valence-corrected chi connectivity index (χ0v) is 18.2. The van der Waals surface area contributed by atoms with Gasteiger partial charge in [0.25, 0.3) is 0 Å². The van der Waals surface area contributed by atoms with E-state index in [1.54, 1.807) is 10.4 Å². The van der Waals surface area contributed by atoms with Gasteiger partial charge in [0.05, 0.1) is 22.6 Å². The normalized spacial score (nSPS) is 11.9. The number of fused-ring (bicyclic) bond motifs is 1. The van der Waals surface area contributed by atoms with Gasteiger partial charge < -0.3 is 10.3 Å². The highest BCUT2D eigenvalue weighted by Crippen LogP contribution is 2.28. The number of H-pyrrole nitrogens is 1. The molecule has 0 radical (unpaired) electrons. The minimum atomic E-state index is -0.203. The quantitative estimate of drug-likeness (QED) is 0.329. The summed E-state index contributed by atoms with van der Waals surface area (Å²) in [5, 5.41) is 5.00. The first-order valence-electron chi connectivity index (χ1n) is 10.3. The van der Waals surface area contributed by atoms with Gasteiger partial charge in [0.1, 0.15) is 5.69 Å². The largest absolute Gasteiger partial charge is 0.337 e. The molecule has 6 nitrogen and oxygen atoms in total. The van der Waals surface area contributed by atoms with E-state index >= 15 is 0 Å². The molecule has 2 aromatic heterocycles. The second-order valence-corrected chi connectivity index (χ2v) is 8.13. The third-order valence-electron chi connectivity index (χ3n) is 5.33. The van der Waals surface area contributed by atoms with E-state index in [1.165, 1.54) is 11.3 Å². The summed E-state index contributed by atoms with van der Waals surface area (Å²) in [7, 11) is 0. The first kappa shape index (κ1) is 20.0. The van der Waals surface area contributed by atoms with Crippen molar-refractivity contribution < 1.29 is 4.79 Å². The lowest BCUT2D eigenvalue weighted by Crippen LogP contribution is -2.37. The molecule has 0 bridgehead atoms. The number of nitrogens with one attached hydrogen (secondary N) is 2. The number of rotatable bonds is 5. The molecule has 0 saturated heterocycles. The lowest BCUT2D eigenvalue weighted by atomic mass is 10.1. The van der Waals surface area contributed by atoms with Crippen molar-refractivity contribution >= 4 is 39.8 Å². The number of hydrogen-bond acceptors (Lipinski definition) is 4. The maximum Gasteiger partial charge on any atom is 0.326 e. The number of carbonyl (C=O) groups is 1. The minimum Gasteiger partial charge on any atom is -0.337 e. The topological polar surface area (TPSA) is 73.9 Å². The zero-order valence-electron chi connectivity index (χ0n) is 17.4. The Balaban J connectivity index is 1.44. The predicted molar refractivity (Wildman–Crippen MR) is 130 cm³/mol. The first-order chi connectivity index (χ1) is 15.7. The van der Waals surface area contributed by atoms with Crippen LogP contribution in [0.3, 0.4) is 0 Å². The number of nitrogens with zero attached hydrogens (tertiary/aromatic N) is 3. The summed E-state index contributed by atoms with van der Waals surface area (Å²) in [5.74, 6) is 0.716. The number of aromatic nitrogens is 3. The number of urea groups is 1. The molecule has 1 atom stereocenters. The van der Waals surface area contributed by atoms with Crippen LogP contribution in [0.2, 0.25) is 0 Å². The van der Waals surface area contributed by atoms with Crippen molar-refractivity contribution in [2.75, 3.05) is 10.2 Å². The number of anilines is 2. The fourth-order valence-electron chi connectivity index (χ4n) is 3.71. The lowest BCUT2D eigenvalue weighted by molar-refractivity contribution is 0.255. The molecule has 2 N–H and O–H groups in total. The summed E-state index contributed by atoms with van der Waals surface area (Å²) in [5.41, 5.74) is 6.83. The summed E-state index contributed by atoms with van der Waals surface area (Å²) in [6, 6.07) is 25.0. The monoisotopic (exact) mass is 439 g/mol. The smallest absolute Gasteiger partial charge is 0.326 e. The molecule has 0 aliphatic carbocycles. The van der Waals surface area contributed by atoms with Crippen LogP contribution in [0.15, 0.2) is 89.8 Å². The van der Waals surface area contributed by atoms with E-state index in [-0.39, 0.29) is 12.1 Å². The lowest BCUT2D eigenvalue weighted by Gasteiger charge is -2.30. The molecule has 0 fully saturated rings.